The number of carbonyl (C=O) groups is 1. The first-order chi connectivity index (χ1) is 8.48. The maximum atomic E-state index is 12.9. The van der Waals surface area contributed by atoms with Crippen molar-refractivity contribution in [2.45, 2.75) is 71.4 Å². The lowest BCUT2D eigenvalue weighted by Gasteiger charge is -2.56. The number of nitrogens with one attached hydrogen (secondary N) is 1. The topological polar surface area (TPSA) is 29.1 Å². The molecular weight excluding hydrogens is 258 g/mol. The van der Waals surface area contributed by atoms with E-state index in [-0.39, 0.29) is 23.9 Å². The van der Waals surface area contributed by atoms with Crippen LogP contribution in [-0.4, -0.2) is 17.9 Å². The number of hydrogen-bond donors (Lipinski definition) is 1. The first-order valence-corrected chi connectivity index (χ1v) is 7.79. The first kappa shape index (κ1) is 15.3. The predicted molar refractivity (Wildman–Crippen MR) is 80.6 cm³/mol. The highest BCUT2D eigenvalue weighted by Crippen LogP contribution is 2.60. The van der Waals surface area contributed by atoms with Gasteiger partial charge in [-0.05, 0) is 63.2 Å². The van der Waals surface area contributed by atoms with Gasteiger partial charge in [0, 0.05) is 11.5 Å². The number of Topliss-reactive ketones (excluding diaryl/α,β-unsaturated/α-hetero) is 1. The molecule has 4 fully saturated rings. The molecule has 0 aromatic carbocycles. The van der Waals surface area contributed by atoms with Gasteiger partial charge in [-0.15, -0.1) is 12.4 Å². The minimum Gasteiger partial charge on any atom is -0.305 e. The molecule has 3 heteroatoms. The van der Waals surface area contributed by atoms with Crippen molar-refractivity contribution in [3.63, 3.8) is 0 Å². The van der Waals surface area contributed by atoms with E-state index < -0.39 is 0 Å². The van der Waals surface area contributed by atoms with Crippen LogP contribution in [0.5, 0.6) is 0 Å². The van der Waals surface area contributed by atoms with Gasteiger partial charge in [-0.1, -0.05) is 13.8 Å². The maximum Gasteiger partial charge on any atom is 0.155 e. The Morgan fingerprint density at radius 2 is 1.42 bits per heavy atom. The molecule has 0 aromatic rings. The predicted octanol–water partition coefficient (Wildman–Crippen LogP) is 3.58. The van der Waals surface area contributed by atoms with Gasteiger partial charge in [-0.2, -0.15) is 0 Å². The summed E-state index contributed by atoms with van der Waals surface area (Å²) >= 11 is 0. The van der Waals surface area contributed by atoms with Gasteiger partial charge in [-0.25, -0.2) is 0 Å². The van der Waals surface area contributed by atoms with Crippen LogP contribution in [0, 0.1) is 23.2 Å². The Bertz CT molecular complexity index is 317. The molecule has 4 rings (SSSR count). The first-order valence-electron chi connectivity index (χ1n) is 7.79. The highest BCUT2D eigenvalue weighted by molar-refractivity contribution is 5.89. The van der Waals surface area contributed by atoms with Gasteiger partial charge >= 0.3 is 0 Å². The molecule has 0 aliphatic heterocycles. The number of halogens is 1. The fraction of sp³-hybridized carbons (Fsp3) is 0.938. The molecular formula is C16H28ClNO. The van der Waals surface area contributed by atoms with Crippen LogP contribution in [0.3, 0.4) is 0 Å². The quantitative estimate of drug-likeness (QED) is 0.855. The Morgan fingerprint density at radius 1 is 1.00 bits per heavy atom. The zero-order valence-corrected chi connectivity index (χ0v) is 13.3. The van der Waals surface area contributed by atoms with Crippen LogP contribution >= 0.6 is 12.4 Å². The van der Waals surface area contributed by atoms with Crippen LogP contribution < -0.4 is 5.32 Å². The number of rotatable bonds is 4. The summed E-state index contributed by atoms with van der Waals surface area (Å²) in [5.41, 5.74) is 0.0655. The van der Waals surface area contributed by atoms with Crippen LogP contribution in [0.15, 0.2) is 0 Å². The molecule has 1 unspecified atom stereocenters. The Hall–Kier alpha value is -0.0800. The number of carbonyl (C=O) groups excluding carboxylic acids is 1. The highest BCUT2D eigenvalue weighted by Gasteiger charge is 2.54. The molecule has 4 bridgehead atoms. The molecule has 110 valence electrons. The summed E-state index contributed by atoms with van der Waals surface area (Å²) in [4.78, 5) is 12.9. The van der Waals surface area contributed by atoms with E-state index in [0.29, 0.717) is 11.8 Å². The Kier molecular flexibility index (Phi) is 4.32. The summed E-state index contributed by atoms with van der Waals surface area (Å²) in [6, 6.07) is 0.444. The zero-order chi connectivity index (χ0) is 12.9. The van der Waals surface area contributed by atoms with Crippen LogP contribution in [-0.2, 0) is 4.79 Å². The molecule has 1 N–H and O–H groups in total. The summed E-state index contributed by atoms with van der Waals surface area (Å²) in [6.07, 6.45) is 7.83. The normalized spacial score (nSPS) is 41.2. The minimum atomic E-state index is 0. The van der Waals surface area contributed by atoms with E-state index in [2.05, 4.69) is 26.1 Å². The third-order valence-electron chi connectivity index (χ3n) is 5.54. The zero-order valence-electron chi connectivity index (χ0n) is 12.4. The summed E-state index contributed by atoms with van der Waals surface area (Å²) < 4.78 is 0. The largest absolute Gasteiger partial charge is 0.305 e. The summed E-state index contributed by atoms with van der Waals surface area (Å²) in [5, 5.41) is 3.42. The van der Waals surface area contributed by atoms with Crippen LogP contribution in [0.2, 0.25) is 0 Å². The smallest absolute Gasteiger partial charge is 0.155 e. The molecule has 19 heavy (non-hydrogen) atoms. The van der Waals surface area contributed by atoms with Crippen LogP contribution in [0.1, 0.15) is 59.3 Å². The van der Waals surface area contributed by atoms with Crippen molar-refractivity contribution in [3.8, 4) is 0 Å². The lowest BCUT2D eigenvalue weighted by atomic mass is 9.48. The third kappa shape index (κ3) is 2.71. The number of ketones is 1. The lowest BCUT2D eigenvalue weighted by molar-refractivity contribution is -0.145. The Balaban J connectivity index is 0.00000133. The molecule has 0 aromatic heterocycles. The van der Waals surface area contributed by atoms with E-state index in [4.69, 9.17) is 0 Å². The molecule has 0 spiro atoms. The fourth-order valence-electron chi connectivity index (χ4n) is 5.45. The Morgan fingerprint density at radius 3 is 1.79 bits per heavy atom. The average molecular weight is 286 g/mol. The standard InChI is InChI=1S/C16H27NO.ClH/c1-10(2)17-11(3)15(18)16-7-12-4-13(8-16)6-14(5-12)9-16;/h10-14,17H,4-9H2,1-3H3;1H. The van der Waals surface area contributed by atoms with E-state index in [9.17, 15) is 4.79 Å². The van der Waals surface area contributed by atoms with Crippen LogP contribution in [0.4, 0.5) is 0 Å². The lowest BCUT2D eigenvalue weighted by Crippen LogP contribution is -2.55. The van der Waals surface area contributed by atoms with E-state index in [1.54, 1.807) is 0 Å². The van der Waals surface area contributed by atoms with Gasteiger partial charge in [0.1, 0.15) is 0 Å². The van der Waals surface area contributed by atoms with Gasteiger partial charge in [0.15, 0.2) is 5.78 Å². The van der Waals surface area contributed by atoms with Crippen molar-refractivity contribution in [3.05, 3.63) is 0 Å². The van der Waals surface area contributed by atoms with Crippen molar-refractivity contribution in [2.75, 3.05) is 0 Å². The second-order valence-corrected chi connectivity index (χ2v) is 7.61. The van der Waals surface area contributed by atoms with Crippen molar-refractivity contribution in [1.29, 1.82) is 0 Å². The summed E-state index contributed by atoms with van der Waals surface area (Å²) in [5.74, 6) is 3.12. The monoisotopic (exact) mass is 285 g/mol. The van der Waals surface area contributed by atoms with Crippen molar-refractivity contribution in [1.82, 2.24) is 5.32 Å². The number of hydrogen-bond acceptors (Lipinski definition) is 2. The van der Waals surface area contributed by atoms with Crippen LogP contribution in [0.25, 0.3) is 0 Å². The molecule has 2 nitrogen and oxygen atoms in total. The van der Waals surface area contributed by atoms with E-state index >= 15 is 0 Å². The van der Waals surface area contributed by atoms with Gasteiger partial charge in [0.2, 0.25) is 0 Å². The highest BCUT2D eigenvalue weighted by atomic mass is 35.5. The van der Waals surface area contributed by atoms with E-state index in [1.807, 2.05) is 0 Å². The molecule has 4 aliphatic carbocycles. The van der Waals surface area contributed by atoms with E-state index in [1.165, 1.54) is 38.5 Å². The molecule has 4 saturated carbocycles. The average Bonchev–Trinajstić information content (AvgIpc) is 2.25. The molecule has 4 aliphatic rings. The van der Waals surface area contributed by atoms with Gasteiger partial charge in [-0.3, -0.25) is 4.79 Å². The van der Waals surface area contributed by atoms with E-state index in [0.717, 1.165) is 17.8 Å². The third-order valence-corrected chi connectivity index (χ3v) is 5.54. The molecule has 0 heterocycles. The van der Waals surface area contributed by atoms with Crippen molar-refractivity contribution < 1.29 is 4.79 Å². The fourth-order valence-corrected chi connectivity index (χ4v) is 5.45. The summed E-state index contributed by atoms with van der Waals surface area (Å²) in [7, 11) is 0. The SMILES string of the molecule is CC(C)NC(C)C(=O)C12CC3CC(CC(C3)C1)C2.Cl. The van der Waals surface area contributed by atoms with Gasteiger partial charge in [0.05, 0.1) is 6.04 Å². The van der Waals surface area contributed by atoms with Gasteiger partial charge in [0.25, 0.3) is 0 Å². The Labute approximate surface area is 123 Å². The minimum absolute atomic E-state index is 0. The summed E-state index contributed by atoms with van der Waals surface area (Å²) in [6.45, 7) is 6.33. The second-order valence-electron chi connectivity index (χ2n) is 7.61. The molecule has 1 atom stereocenters. The molecule has 0 amide bonds. The van der Waals surface area contributed by atoms with Gasteiger partial charge < -0.3 is 5.32 Å². The second kappa shape index (κ2) is 5.37. The van der Waals surface area contributed by atoms with Crippen molar-refractivity contribution >= 4 is 18.2 Å². The molecule has 0 radical (unpaired) electrons. The van der Waals surface area contributed by atoms with Crippen molar-refractivity contribution in [2.24, 2.45) is 23.2 Å². The maximum absolute atomic E-state index is 12.9. The molecule has 0 saturated heterocycles.